The predicted octanol–water partition coefficient (Wildman–Crippen LogP) is 3.38. The number of fused-ring (bicyclic) bond motifs is 1. The van der Waals surface area contributed by atoms with E-state index in [1.807, 2.05) is 38.1 Å². The van der Waals surface area contributed by atoms with Crippen LogP contribution in [0.1, 0.15) is 26.7 Å². The summed E-state index contributed by atoms with van der Waals surface area (Å²) in [6, 6.07) is 7.62. The van der Waals surface area contributed by atoms with Crippen LogP contribution in [0.15, 0.2) is 38.5 Å². The van der Waals surface area contributed by atoms with E-state index in [0.717, 1.165) is 23.4 Å². The summed E-state index contributed by atoms with van der Waals surface area (Å²) in [6.07, 6.45) is 1.60. The van der Waals surface area contributed by atoms with Gasteiger partial charge >= 0.3 is 0 Å². The van der Waals surface area contributed by atoms with Crippen LogP contribution < -0.4 is 0 Å². The largest absolute Gasteiger partial charge is 0.244 e. The van der Waals surface area contributed by atoms with Gasteiger partial charge in [-0.25, -0.2) is 9.20 Å². The molecule has 1 aliphatic heterocycles. The Morgan fingerprint density at radius 2 is 2.00 bits per heavy atom. The molecule has 2 rings (SSSR count). The first-order valence-electron chi connectivity index (χ1n) is 5.61. The van der Waals surface area contributed by atoms with Crippen molar-refractivity contribution in [2.45, 2.75) is 31.6 Å². The van der Waals surface area contributed by atoms with Crippen LogP contribution >= 0.6 is 0 Å². The van der Waals surface area contributed by atoms with Gasteiger partial charge in [-0.1, -0.05) is 26.0 Å². The highest BCUT2D eigenvalue weighted by atomic mass is 32.2. The van der Waals surface area contributed by atoms with E-state index in [-0.39, 0.29) is 0 Å². The summed E-state index contributed by atoms with van der Waals surface area (Å²) >= 11 is 0. The highest BCUT2D eigenvalue weighted by Gasteiger charge is 2.20. The number of para-hydroxylation sites is 1. The lowest BCUT2D eigenvalue weighted by Gasteiger charge is -2.16. The minimum atomic E-state index is -2.27. The molecule has 0 aromatic heterocycles. The molecule has 1 aliphatic rings. The van der Waals surface area contributed by atoms with Crippen molar-refractivity contribution in [3.05, 3.63) is 24.3 Å². The van der Waals surface area contributed by atoms with Crippen molar-refractivity contribution < 1.29 is 4.21 Å². The molecule has 1 atom stereocenters. The Bertz CT molecular complexity index is 540. The van der Waals surface area contributed by atoms with Gasteiger partial charge in [0.05, 0.1) is 20.3 Å². The van der Waals surface area contributed by atoms with E-state index in [2.05, 4.69) is 9.36 Å². The SMILES string of the molecule is CCCS1(=O)=NC(CC)=Nc2ccccc21. The maximum atomic E-state index is 12.7. The van der Waals surface area contributed by atoms with Crippen molar-refractivity contribution in [3.63, 3.8) is 0 Å². The molecule has 4 heteroatoms. The first kappa shape index (κ1) is 11.3. The lowest BCUT2D eigenvalue weighted by molar-refractivity contribution is 0.675. The second-order valence-corrected chi connectivity index (χ2v) is 6.10. The number of rotatable bonds is 3. The van der Waals surface area contributed by atoms with Crippen LogP contribution in [-0.2, 0) is 9.73 Å². The Morgan fingerprint density at radius 1 is 1.25 bits per heavy atom. The van der Waals surface area contributed by atoms with Gasteiger partial charge in [-0.15, -0.1) is 0 Å². The van der Waals surface area contributed by atoms with Crippen molar-refractivity contribution >= 4 is 21.3 Å². The Kier molecular flexibility index (Phi) is 3.10. The van der Waals surface area contributed by atoms with E-state index in [1.54, 1.807) is 0 Å². The topological polar surface area (TPSA) is 41.8 Å². The van der Waals surface area contributed by atoms with Crippen molar-refractivity contribution in [3.8, 4) is 0 Å². The molecule has 0 spiro atoms. The van der Waals surface area contributed by atoms with Crippen molar-refractivity contribution in [2.24, 2.45) is 9.36 Å². The maximum Gasteiger partial charge on any atom is 0.139 e. The number of benzene rings is 1. The molecule has 1 unspecified atom stereocenters. The van der Waals surface area contributed by atoms with E-state index in [1.165, 1.54) is 0 Å². The van der Waals surface area contributed by atoms with Gasteiger partial charge in [0.15, 0.2) is 0 Å². The van der Waals surface area contributed by atoms with Gasteiger partial charge in [0, 0.05) is 12.2 Å². The quantitative estimate of drug-likeness (QED) is 0.793. The number of hydrogen-bond donors (Lipinski definition) is 0. The zero-order valence-electron chi connectivity index (χ0n) is 9.64. The zero-order valence-corrected chi connectivity index (χ0v) is 10.5. The van der Waals surface area contributed by atoms with Crippen molar-refractivity contribution in [2.75, 3.05) is 5.75 Å². The number of hydrogen-bond acceptors (Lipinski definition) is 3. The molecule has 0 saturated carbocycles. The molecular formula is C12H16N2OS. The molecule has 16 heavy (non-hydrogen) atoms. The number of amidine groups is 1. The monoisotopic (exact) mass is 236 g/mol. The average Bonchev–Trinajstić information content (AvgIpc) is 2.29. The summed E-state index contributed by atoms with van der Waals surface area (Å²) in [5.41, 5.74) is 0.827. The van der Waals surface area contributed by atoms with E-state index >= 15 is 0 Å². The number of nitrogens with zero attached hydrogens (tertiary/aromatic N) is 2. The van der Waals surface area contributed by atoms with Crippen molar-refractivity contribution in [1.82, 2.24) is 0 Å². The Labute approximate surface area is 96.8 Å². The van der Waals surface area contributed by atoms with E-state index in [0.29, 0.717) is 11.6 Å². The van der Waals surface area contributed by atoms with Gasteiger partial charge in [-0.05, 0) is 18.6 Å². The Hall–Kier alpha value is -1.16. The van der Waals surface area contributed by atoms with Crippen LogP contribution in [0.2, 0.25) is 0 Å². The minimum Gasteiger partial charge on any atom is -0.244 e. The van der Waals surface area contributed by atoms with Gasteiger partial charge < -0.3 is 0 Å². The average molecular weight is 236 g/mol. The third kappa shape index (κ3) is 1.89. The van der Waals surface area contributed by atoms with Gasteiger partial charge in [0.25, 0.3) is 0 Å². The molecule has 1 aromatic rings. The molecule has 0 fully saturated rings. The summed E-state index contributed by atoms with van der Waals surface area (Å²) in [6.45, 7) is 4.02. The van der Waals surface area contributed by atoms with Crippen molar-refractivity contribution in [1.29, 1.82) is 0 Å². The standard InChI is InChI=1S/C12H16N2OS/c1-3-9-16(15)11-8-6-5-7-10(11)13-12(4-2)14-16/h5-8H,3-4,9H2,1-2H3. The zero-order chi connectivity index (χ0) is 11.6. The molecule has 3 nitrogen and oxygen atoms in total. The van der Waals surface area contributed by atoms with E-state index in [9.17, 15) is 4.21 Å². The lowest BCUT2D eigenvalue weighted by atomic mass is 10.3. The van der Waals surface area contributed by atoms with E-state index in [4.69, 9.17) is 0 Å². The molecule has 0 N–H and O–H groups in total. The fourth-order valence-corrected chi connectivity index (χ4v) is 3.98. The molecule has 0 amide bonds. The van der Waals surface area contributed by atoms with Crippen LogP contribution in [0.5, 0.6) is 0 Å². The molecular weight excluding hydrogens is 220 g/mol. The molecule has 0 radical (unpaired) electrons. The highest BCUT2D eigenvalue weighted by molar-refractivity contribution is 7.94. The Morgan fingerprint density at radius 3 is 2.69 bits per heavy atom. The molecule has 0 saturated heterocycles. The highest BCUT2D eigenvalue weighted by Crippen LogP contribution is 2.31. The summed E-state index contributed by atoms with van der Waals surface area (Å²) in [4.78, 5) is 5.21. The molecule has 86 valence electrons. The summed E-state index contributed by atoms with van der Waals surface area (Å²) in [5.74, 6) is 1.32. The number of aliphatic imine (C=N–C) groups is 1. The molecule has 0 bridgehead atoms. The van der Waals surface area contributed by atoms with Gasteiger partial charge in [0.2, 0.25) is 0 Å². The van der Waals surface area contributed by atoms with E-state index < -0.39 is 9.73 Å². The van der Waals surface area contributed by atoms with Crippen LogP contribution in [-0.4, -0.2) is 15.8 Å². The first-order chi connectivity index (χ1) is 7.69. The second-order valence-electron chi connectivity index (χ2n) is 3.79. The smallest absolute Gasteiger partial charge is 0.139 e. The van der Waals surface area contributed by atoms with Crippen LogP contribution in [0.25, 0.3) is 0 Å². The fraction of sp³-hybridized carbons (Fsp3) is 0.417. The normalized spacial score (nSPS) is 23.2. The first-order valence-corrected chi connectivity index (χ1v) is 7.29. The summed E-state index contributed by atoms with van der Waals surface area (Å²) in [7, 11) is -2.27. The fourth-order valence-electron chi connectivity index (χ4n) is 1.77. The second kappa shape index (κ2) is 4.37. The van der Waals surface area contributed by atoms with Gasteiger partial charge in [0.1, 0.15) is 5.84 Å². The van der Waals surface area contributed by atoms with Crippen LogP contribution in [0, 0.1) is 0 Å². The van der Waals surface area contributed by atoms with Crippen LogP contribution in [0.3, 0.4) is 0 Å². The Balaban J connectivity index is 2.65. The third-order valence-corrected chi connectivity index (χ3v) is 5.01. The molecule has 1 heterocycles. The summed E-state index contributed by atoms with van der Waals surface area (Å²) in [5, 5.41) is 0. The van der Waals surface area contributed by atoms with Crippen LogP contribution in [0.4, 0.5) is 5.69 Å². The lowest BCUT2D eigenvalue weighted by Crippen LogP contribution is -2.12. The predicted molar refractivity (Wildman–Crippen MR) is 67.8 cm³/mol. The molecule has 0 aliphatic carbocycles. The van der Waals surface area contributed by atoms with Gasteiger partial charge in [-0.3, -0.25) is 0 Å². The minimum absolute atomic E-state index is 0.614. The summed E-state index contributed by atoms with van der Waals surface area (Å²) < 4.78 is 17.1. The third-order valence-electron chi connectivity index (χ3n) is 2.51. The molecule has 1 aromatic carbocycles. The van der Waals surface area contributed by atoms with Gasteiger partial charge in [-0.2, -0.15) is 4.36 Å². The maximum absolute atomic E-state index is 12.7.